The van der Waals surface area contributed by atoms with E-state index in [0.29, 0.717) is 13.2 Å². The molecule has 0 bridgehead atoms. The Morgan fingerprint density at radius 2 is 0.897 bits per heavy atom. The van der Waals surface area contributed by atoms with E-state index >= 15 is 0 Å². The van der Waals surface area contributed by atoms with Gasteiger partial charge in [0.25, 0.3) is 0 Å². The molecule has 0 aliphatic heterocycles. The molecule has 0 aromatic heterocycles. The molecule has 0 amide bonds. The third kappa shape index (κ3) is 25.6. The van der Waals surface area contributed by atoms with Gasteiger partial charge in [0.2, 0.25) is 0 Å². The van der Waals surface area contributed by atoms with Gasteiger partial charge in [-0.15, -0.1) is 0 Å². The number of rotatable bonds is 20. The summed E-state index contributed by atoms with van der Waals surface area (Å²) in [5.41, 5.74) is 0. The first-order valence-corrected chi connectivity index (χ1v) is 11.7. The van der Waals surface area contributed by atoms with Gasteiger partial charge in [-0.25, -0.2) is 9.59 Å². The van der Waals surface area contributed by atoms with Crippen LogP contribution in [0.4, 0.5) is 0 Å². The molecule has 0 aliphatic rings. The SMILES string of the molecule is CCCCCCCCCCCCCCCCCCOC(=O)/C=C/C(=O)OCC.[NaH]. The van der Waals surface area contributed by atoms with Gasteiger partial charge in [0.1, 0.15) is 0 Å². The molecule has 4 nitrogen and oxygen atoms in total. The van der Waals surface area contributed by atoms with Crippen LogP contribution in [-0.2, 0) is 19.1 Å². The summed E-state index contributed by atoms with van der Waals surface area (Å²) in [6.45, 7) is 4.72. The molecular formula is C24H45NaO4. The van der Waals surface area contributed by atoms with Crippen LogP contribution in [0.3, 0.4) is 0 Å². The number of ether oxygens (including phenoxy) is 2. The van der Waals surface area contributed by atoms with Crippen LogP contribution in [0.15, 0.2) is 12.2 Å². The monoisotopic (exact) mass is 420 g/mol. The summed E-state index contributed by atoms with van der Waals surface area (Å²) >= 11 is 0. The number of carbonyl (C=O) groups is 2. The predicted octanol–water partition coefficient (Wildman–Crippen LogP) is 6.26. The van der Waals surface area contributed by atoms with Crippen LogP contribution >= 0.6 is 0 Å². The third-order valence-electron chi connectivity index (χ3n) is 4.88. The van der Waals surface area contributed by atoms with Crippen molar-refractivity contribution in [2.75, 3.05) is 13.2 Å². The van der Waals surface area contributed by atoms with E-state index in [1.807, 2.05) is 0 Å². The average Bonchev–Trinajstić information content (AvgIpc) is 2.69. The molecule has 0 heterocycles. The summed E-state index contributed by atoms with van der Waals surface area (Å²) in [7, 11) is 0. The van der Waals surface area contributed by atoms with Crippen LogP contribution in [0.5, 0.6) is 0 Å². The van der Waals surface area contributed by atoms with Crippen molar-refractivity contribution in [3.8, 4) is 0 Å². The molecule has 29 heavy (non-hydrogen) atoms. The summed E-state index contributed by atoms with van der Waals surface area (Å²) in [4.78, 5) is 22.5. The first-order chi connectivity index (χ1) is 13.7. The molecule has 0 aromatic carbocycles. The molecular weight excluding hydrogens is 375 g/mol. The number of carbonyl (C=O) groups excluding carboxylic acids is 2. The van der Waals surface area contributed by atoms with Crippen LogP contribution in [0.25, 0.3) is 0 Å². The first-order valence-electron chi connectivity index (χ1n) is 11.7. The van der Waals surface area contributed by atoms with E-state index in [1.165, 1.54) is 89.9 Å². The van der Waals surface area contributed by atoms with Gasteiger partial charge in [0.05, 0.1) is 13.2 Å². The van der Waals surface area contributed by atoms with Gasteiger partial charge in [-0.05, 0) is 13.3 Å². The second-order valence-electron chi connectivity index (χ2n) is 7.56. The van der Waals surface area contributed by atoms with E-state index in [4.69, 9.17) is 9.47 Å². The Hall–Kier alpha value is -0.320. The van der Waals surface area contributed by atoms with Gasteiger partial charge in [-0.1, -0.05) is 103 Å². The quantitative estimate of drug-likeness (QED) is 0.101. The van der Waals surface area contributed by atoms with Crippen molar-refractivity contribution in [3.05, 3.63) is 12.2 Å². The van der Waals surface area contributed by atoms with Crippen molar-refractivity contribution in [1.29, 1.82) is 0 Å². The van der Waals surface area contributed by atoms with Gasteiger partial charge in [-0.3, -0.25) is 0 Å². The Morgan fingerprint density at radius 3 is 1.28 bits per heavy atom. The van der Waals surface area contributed by atoms with E-state index in [9.17, 15) is 9.59 Å². The van der Waals surface area contributed by atoms with Crippen molar-refractivity contribution >= 4 is 41.5 Å². The molecule has 0 unspecified atom stereocenters. The molecule has 166 valence electrons. The van der Waals surface area contributed by atoms with E-state index in [1.54, 1.807) is 6.92 Å². The van der Waals surface area contributed by atoms with E-state index in [2.05, 4.69) is 6.92 Å². The fourth-order valence-electron chi connectivity index (χ4n) is 3.20. The fraction of sp³-hybridized carbons (Fsp3) is 0.833. The average molecular weight is 421 g/mol. The van der Waals surface area contributed by atoms with Crippen LogP contribution in [0.1, 0.15) is 117 Å². The molecule has 0 fully saturated rings. The molecule has 0 saturated heterocycles. The van der Waals surface area contributed by atoms with Gasteiger partial charge in [-0.2, -0.15) is 0 Å². The second kappa shape index (κ2) is 25.7. The van der Waals surface area contributed by atoms with E-state index in [-0.39, 0.29) is 29.6 Å². The Morgan fingerprint density at radius 1 is 0.552 bits per heavy atom. The standard InChI is InChI=1S/C24H44O4.Na.H/c1-3-5-6-7-8-9-10-11-12-13-14-15-16-17-18-19-22-28-24(26)21-20-23(25)27-4-2;;/h20-21H,3-19,22H2,1-2H3;;/b21-20+;;. The maximum absolute atomic E-state index is 11.4. The number of hydrogen-bond acceptors (Lipinski definition) is 4. The van der Waals surface area contributed by atoms with E-state index < -0.39 is 11.9 Å². The molecule has 5 heteroatoms. The number of unbranched alkanes of at least 4 members (excludes halogenated alkanes) is 15. The van der Waals surface area contributed by atoms with Crippen molar-refractivity contribution in [3.63, 3.8) is 0 Å². The van der Waals surface area contributed by atoms with Gasteiger partial charge >= 0.3 is 41.5 Å². The zero-order chi connectivity index (χ0) is 20.7. The molecule has 0 spiro atoms. The van der Waals surface area contributed by atoms with Crippen molar-refractivity contribution in [2.24, 2.45) is 0 Å². The summed E-state index contributed by atoms with van der Waals surface area (Å²) in [6.07, 6.45) is 23.4. The van der Waals surface area contributed by atoms with Crippen molar-refractivity contribution in [1.82, 2.24) is 0 Å². The molecule has 0 N–H and O–H groups in total. The normalized spacial score (nSPS) is 10.7. The molecule has 0 saturated carbocycles. The van der Waals surface area contributed by atoms with Crippen molar-refractivity contribution in [2.45, 2.75) is 117 Å². The van der Waals surface area contributed by atoms with Crippen LogP contribution < -0.4 is 0 Å². The molecule has 0 aromatic rings. The number of esters is 2. The summed E-state index contributed by atoms with van der Waals surface area (Å²) in [5, 5.41) is 0. The number of hydrogen-bond donors (Lipinski definition) is 0. The molecule has 0 aliphatic carbocycles. The zero-order valence-electron chi connectivity index (χ0n) is 18.5. The minimum atomic E-state index is -0.512. The summed E-state index contributed by atoms with van der Waals surface area (Å²) < 4.78 is 9.75. The van der Waals surface area contributed by atoms with Crippen LogP contribution in [-0.4, -0.2) is 54.7 Å². The van der Waals surface area contributed by atoms with Gasteiger partial charge in [0.15, 0.2) is 0 Å². The van der Waals surface area contributed by atoms with Crippen molar-refractivity contribution < 1.29 is 19.1 Å². The van der Waals surface area contributed by atoms with Crippen LogP contribution in [0, 0.1) is 0 Å². The Labute approximate surface area is 201 Å². The first kappa shape index (κ1) is 30.9. The topological polar surface area (TPSA) is 52.6 Å². The summed E-state index contributed by atoms with van der Waals surface area (Å²) in [6, 6.07) is 0. The third-order valence-corrected chi connectivity index (χ3v) is 4.88. The van der Waals surface area contributed by atoms with E-state index in [0.717, 1.165) is 25.0 Å². The minimum absolute atomic E-state index is 0. The Kier molecular flexibility index (Phi) is 27.4. The Balaban J connectivity index is 0. The predicted molar refractivity (Wildman–Crippen MR) is 123 cm³/mol. The second-order valence-corrected chi connectivity index (χ2v) is 7.56. The maximum atomic E-state index is 11.4. The Bertz CT molecular complexity index is 396. The summed E-state index contributed by atoms with van der Waals surface area (Å²) in [5.74, 6) is -0.990. The van der Waals surface area contributed by atoms with Crippen LogP contribution in [0.2, 0.25) is 0 Å². The molecule has 0 rings (SSSR count). The molecule has 0 atom stereocenters. The fourth-order valence-corrected chi connectivity index (χ4v) is 3.20. The van der Waals surface area contributed by atoms with Gasteiger partial charge < -0.3 is 9.47 Å². The zero-order valence-corrected chi connectivity index (χ0v) is 18.5. The molecule has 0 radical (unpaired) electrons. The van der Waals surface area contributed by atoms with Gasteiger partial charge in [0, 0.05) is 12.2 Å².